The molecule has 14 heavy (non-hydrogen) atoms. The molecule has 0 aromatic carbocycles. The fourth-order valence-electron chi connectivity index (χ4n) is 1.13. The van der Waals surface area contributed by atoms with E-state index < -0.39 is 15.9 Å². The van der Waals surface area contributed by atoms with Crippen molar-refractivity contribution in [2.24, 2.45) is 0 Å². The van der Waals surface area contributed by atoms with Gasteiger partial charge in [0.25, 0.3) is 0 Å². The van der Waals surface area contributed by atoms with Crippen LogP contribution in [0.15, 0.2) is 0 Å². The molecule has 0 aliphatic rings. The molecule has 0 aliphatic carbocycles. The Morgan fingerprint density at radius 2 is 2.07 bits per heavy atom. The first-order valence-corrected chi connectivity index (χ1v) is 7.08. The molecule has 1 atom stereocenters. The minimum atomic E-state index is -2.88. The van der Waals surface area contributed by atoms with Crippen LogP contribution in [0.1, 0.15) is 26.2 Å². The van der Waals surface area contributed by atoms with E-state index in [1.165, 1.54) is 6.26 Å². The third-order valence-corrected chi connectivity index (χ3v) is 2.89. The van der Waals surface area contributed by atoms with Crippen LogP contribution >= 0.6 is 0 Å². The quantitative estimate of drug-likeness (QED) is 0.576. The molecule has 1 unspecified atom stereocenters. The normalized spacial score (nSPS) is 14.2. The van der Waals surface area contributed by atoms with Crippen molar-refractivity contribution in [3.05, 3.63) is 0 Å². The van der Waals surface area contributed by atoms with Gasteiger partial charge in [-0.1, -0.05) is 6.92 Å². The first-order chi connectivity index (χ1) is 6.45. The van der Waals surface area contributed by atoms with Gasteiger partial charge in [-0.2, -0.15) is 0 Å². The molecule has 0 saturated heterocycles. The topological polar surface area (TPSA) is 66.4 Å². The Morgan fingerprint density at radius 3 is 2.57 bits per heavy atom. The Kier molecular flexibility index (Phi) is 7.13. The smallest absolute Gasteiger partial charge is 0.147 e. The molecule has 0 bridgehead atoms. The molecular formula is C9H21NO3S. The van der Waals surface area contributed by atoms with Gasteiger partial charge in [0.2, 0.25) is 0 Å². The summed E-state index contributed by atoms with van der Waals surface area (Å²) in [5.74, 6) is 0.165. The molecular weight excluding hydrogens is 202 g/mol. The van der Waals surface area contributed by atoms with Gasteiger partial charge in [-0.05, 0) is 25.8 Å². The van der Waals surface area contributed by atoms with E-state index >= 15 is 0 Å². The van der Waals surface area contributed by atoms with Crippen molar-refractivity contribution in [3.8, 4) is 0 Å². The van der Waals surface area contributed by atoms with Crippen LogP contribution in [0.3, 0.4) is 0 Å². The summed E-state index contributed by atoms with van der Waals surface area (Å²) in [6.45, 7) is 3.50. The van der Waals surface area contributed by atoms with Crippen LogP contribution in [0.2, 0.25) is 0 Å². The van der Waals surface area contributed by atoms with E-state index in [4.69, 9.17) is 0 Å². The minimum Gasteiger partial charge on any atom is -0.392 e. The van der Waals surface area contributed by atoms with Gasteiger partial charge in [0, 0.05) is 18.6 Å². The summed E-state index contributed by atoms with van der Waals surface area (Å²) < 4.78 is 21.6. The maximum atomic E-state index is 10.8. The molecule has 0 aromatic rings. The fourth-order valence-corrected chi connectivity index (χ4v) is 1.82. The van der Waals surface area contributed by atoms with Crippen LogP contribution < -0.4 is 5.32 Å². The van der Waals surface area contributed by atoms with Crippen molar-refractivity contribution in [3.63, 3.8) is 0 Å². The van der Waals surface area contributed by atoms with Crippen LogP contribution in [-0.4, -0.2) is 44.7 Å². The molecule has 0 rings (SSSR count). The van der Waals surface area contributed by atoms with Gasteiger partial charge in [-0.25, -0.2) is 8.42 Å². The fraction of sp³-hybridized carbons (Fsp3) is 1.00. The lowest BCUT2D eigenvalue weighted by atomic mass is 10.2. The van der Waals surface area contributed by atoms with E-state index in [1.807, 2.05) is 0 Å². The highest BCUT2D eigenvalue weighted by molar-refractivity contribution is 7.90. The molecule has 86 valence electrons. The summed E-state index contributed by atoms with van der Waals surface area (Å²) in [7, 11) is -2.88. The number of sulfone groups is 1. The zero-order valence-corrected chi connectivity index (χ0v) is 9.81. The van der Waals surface area contributed by atoms with Gasteiger partial charge >= 0.3 is 0 Å². The molecule has 0 amide bonds. The zero-order chi connectivity index (χ0) is 11.0. The maximum absolute atomic E-state index is 10.8. The highest BCUT2D eigenvalue weighted by Crippen LogP contribution is 1.98. The molecule has 0 radical (unpaired) electrons. The average Bonchev–Trinajstić information content (AvgIpc) is 2.02. The summed E-state index contributed by atoms with van der Waals surface area (Å²) in [5, 5.41) is 12.5. The van der Waals surface area contributed by atoms with Gasteiger partial charge in [0.15, 0.2) is 0 Å². The van der Waals surface area contributed by atoms with Gasteiger partial charge in [0.05, 0.1) is 6.10 Å². The molecule has 2 N–H and O–H groups in total. The van der Waals surface area contributed by atoms with Crippen LogP contribution in [-0.2, 0) is 9.84 Å². The number of hydrogen-bond acceptors (Lipinski definition) is 4. The van der Waals surface area contributed by atoms with E-state index in [-0.39, 0.29) is 5.75 Å². The Hall–Kier alpha value is -0.130. The van der Waals surface area contributed by atoms with Crippen molar-refractivity contribution in [2.45, 2.75) is 32.3 Å². The van der Waals surface area contributed by atoms with Gasteiger partial charge in [0.1, 0.15) is 9.84 Å². The molecule has 0 fully saturated rings. The second-order valence-corrected chi connectivity index (χ2v) is 5.89. The summed E-state index contributed by atoms with van der Waals surface area (Å²) in [4.78, 5) is 0. The first kappa shape index (κ1) is 13.9. The van der Waals surface area contributed by atoms with Gasteiger partial charge < -0.3 is 10.4 Å². The van der Waals surface area contributed by atoms with Crippen LogP contribution in [0.5, 0.6) is 0 Å². The lowest BCUT2D eigenvalue weighted by molar-refractivity contribution is 0.161. The number of rotatable bonds is 8. The molecule has 0 saturated carbocycles. The van der Waals surface area contributed by atoms with Crippen molar-refractivity contribution in [1.82, 2.24) is 5.32 Å². The van der Waals surface area contributed by atoms with E-state index in [0.29, 0.717) is 19.4 Å². The van der Waals surface area contributed by atoms with E-state index in [2.05, 4.69) is 12.2 Å². The predicted octanol–water partition coefficient (Wildman–Crippen LogP) is 0.172. The van der Waals surface area contributed by atoms with E-state index in [0.717, 1.165) is 13.0 Å². The largest absolute Gasteiger partial charge is 0.392 e. The summed E-state index contributed by atoms with van der Waals surface area (Å²) >= 11 is 0. The van der Waals surface area contributed by atoms with Crippen molar-refractivity contribution in [2.75, 3.05) is 25.1 Å². The Bertz CT molecular complexity index is 226. The van der Waals surface area contributed by atoms with Crippen molar-refractivity contribution < 1.29 is 13.5 Å². The maximum Gasteiger partial charge on any atom is 0.147 e. The summed E-state index contributed by atoms with van der Waals surface area (Å²) in [6, 6.07) is 0. The number of aliphatic hydroxyl groups excluding tert-OH is 1. The third-order valence-electron chi connectivity index (χ3n) is 1.86. The van der Waals surface area contributed by atoms with E-state index in [1.54, 1.807) is 0 Å². The zero-order valence-electron chi connectivity index (χ0n) is 8.99. The number of nitrogens with one attached hydrogen (secondary N) is 1. The average molecular weight is 223 g/mol. The Balaban J connectivity index is 3.40. The highest BCUT2D eigenvalue weighted by atomic mass is 32.2. The molecule has 5 heteroatoms. The first-order valence-electron chi connectivity index (χ1n) is 5.02. The van der Waals surface area contributed by atoms with Crippen LogP contribution in [0.25, 0.3) is 0 Å². The van der Waals surface area contributed by atoms with E-state index in [9.17, 15) is 13.5 Å². The summed E-state index contributed by atoms with van der Waals surface area (Å²) in [6.07, 6.45) is 2.91. The molecule has 0 heterocycles. The van der Waals surface area contributed by atoms with Gasteiger partial charge in [-0.15, -0.1) is 0 Å². The predicted molar refractivity (Wildman–Crippen MR) is 58.1 cm³/mol. The second kappa shape index (κ2) is 7.20. The third kappa shape index (κ3) is 9.95. The molecule has 0 aliphatic heterocycles. The lowest BCUT2D eigenvalue weighted by Crippen LogP contribution is -2.27. The number of aliphatic hydroxyl groups is 1. The standard InChI is InChI=1S/C9H21NO3S/c1-3-6-10-8-9(11)5-4-7-14(2,12)13/h9-11H,3-8H2,1-2H3. The molecule has 0 aromatic heterocycles. The number of hydrogen-bond donors (Lipinski definition) is 2. The van der Waals surface area contributed by atoms with Gasteiger partial charge in [-0.3, -0.25) is 0 Å². The van der Waals surface area contributed by atoms with Crippen LogP contribution in [0, 0.1) is 0 Å². The minimum absolute atomic E-state index is 0.165. The molecule has 0 spiro atoms. The summed E-state index contributed by atoms with van der Waals surface area (Å²) in [5.41, 5.74) is 0. The van der Waals surface area contributed by atoms with Crippen molar-refractivity contribution in [1.29, 1.82) is 0 Å². The lowest BCUT2D eigenvalue weighted by Gasteiger charge is -2.10. The van der Waals surface area contributed by atoms with Crippen LogP contribution in [0.4, 0.5) is 0 Å². The molecule has 4 nitrogen and oxygen atoms in total. The Labute approximate surface area is 86.6 Å². The highest BCUT2D eigenvalue weighted by Gasteiger charge is 2.06. The second-order valence-electron chi connectivity index (χ2n) is 3.63. The Morgan fingerprint density at radius 1 is 1.43 bits per heavy atom. The monoisotopic (exact) mass is 223 g/mol. The SMILES string of the molecule is CCCNCC(O)CCCS(C)(=O)=O. The van der Waals surface area contributed by atoms with Crippen molar-refractivity contribution >= 4 is 9.84 Å².